The number of carbonyl (C=O) groups is 1. The summed E-state index contributed by atoms with van der Waals surface area (Å²) in [5.74, 6) is 0.730. The van der Waals surface area contributed by atoms with Crippen molar-refractivity contribution in [3.05, 3.63) is 23.9 Å². The Labute approximate surface area is 107 Å². The van der Waals surface area contributed by atoms with Gasteiger partial charge in [-0.15, -0.1) is 0 Å². The van der Waals surface area contributed by atoms with Gasteiger partial charge in [0.05, 0.1) is 6.10 Å². The summed E-state index contributed by atoms with van der Waals surface area (Å²) in [6.07, 6.45) is 2.91. The fourth-order valence-corrected chi connectivity index (χ4v) is 2.43. The van der Waals surface area contributed by atoms with Crippen molar-refractivity contribution in [3.8, 4) is 0 Å². The van der Waals surface area contributed by atoms with Crippen molar-refractivity contribution in [2.45, 2.75) is 31.9 Å². The summed E-state index contributed by atoms with van der Waals surface area (Å²) < 4.78 is 0. The number of aliphatic hydroxyl groups is 1. The molecule has 0 radical (unpaired) electrons. The third-order valence-electron chi connectivity index (χ3n) is 3.34. The van der Waals surface area contributed by atoms with Crippen LogP contribution in [-0.2, 0) is 4.79 Å². The summed E-state index contributed by atoms with van der Waals surface area (Å²) in [5, 5.41) is 12.5. The molecule has 0 bridgehead atoms. The number of rotatable bonds is 3. The molecule has 2 atom stereocenters. The van der Waals surface area contributed by atoms with Crippen LogP contribution in [0.5, 0.6) is 0 Å². The molecule has 1 aromatic rings. The van der Waals surface area contributed by atoms with E-state index in [1.54, 1.807) is 26.2 Å². The van der Waals surface area contributed by atoms with Gasteiger partial charge in [-0.25, -0.2) is 4.98 Å². The number of hydrogen-bond acceptors (Lipinski definition) is 4. The van der Waals surface area contributed by atoms with E-state index in [-0.39, 0.29) is 11.9 Å². The first-order valence-electron chi connectivity index (χ1n) is 6.26. The van der Waals surface area contributed by atoms with Crippen LogP contribution in [0.3, 0.4) is 0 Å². The van der Waals surface area contributed by atoms with Gasteiger partial charge < -0.3 is 15.3 Å². The van der Waals surface area contributed by atoms with Crippen molar-refractivity contribution in [2.75, 3.05) is 18.5 Å². The Morgan fingerprint density at radius 2 is 2.44 bits per heavy atom. The third-order valence-corrected chi connectivity index (χ3v) is 3.34. The molecule has 1 aliphatic rings. The second kappa shape index (κ2) is 5.35. The molecule has 2 N–H and O–H groups in total. The highest BCUT2D eigenvalue weighted by molar-refractivity contribution is 5.85. The number of nitrogens with one attached hydrogen (secondary N) is 1. The van der Waals surface area contributed by atoms with Crippen LogP contribution in [0.15, 0.2) is 18.3 Å². The summed E-state index contributed by atoms with van der Waals surface area (Å²) in [6.45, 7) is 2.51. The van der Waals surface area contributed by atoms with E-state index in [0.717, 1.165) is 30.8 Å². The quantitative estimate of drug-likeness (QED) is 0.833. The minimum absolute atomic E-state index is 0.00898. The van der Waals surface area contributed by atoms with Gasteiger partial charge in [-0.2, -0.15) is 0 Å². The van der Waals surface area contributed by atoms with Crippen molar-refractivity contribution in [3.63, 3.8) is 0 Å². The molecule has 0 aromatic carbocycles. The average Bonchev–Trinajstić information content (AvgIpc) is 2.86. The molecule has 1 fully saturated rings. The van der Waals surface area contributed by atoms with E-state index in [2.05, 4.69) is 10.3 Å². The molecule has 1 unspecified atom stereocenters. The third kappa shape index (κ3) is 2.31. The van der Waals surface area contributed by atoms with Crippen LogP contribution >= 0.6 is 0 Å². The van der Waals surface area contributed by atoms with Crippen LogP contribution in [0.25, 0.3) is 0 Å². The Morgan fingerprint density at radius 3 is 3.11 bits per heavy atom. The summed E-state index contributed by atoms with van der Waals surface area (Å²) in [6, 6.07) is 3.48. The number of likely N-dealkylation sites (N-methyl/N-ethyl adjacent to an activating group) is 1. The predicted octanol–water partition coefficient (Wildman–Crippen LogP) is 0.850. The molecular formula is C13H19N3O2. The Hall–Kier alpha value is -1.62. The molecule has 1 amide bonds. The van der Waals surface area contributed by atoms with Gasteiger partial charge in [0.2, 0.25) is 5.91 Å². The minimum atomic E-state index is -0.584. The number of pyridine rings is 1. The van der Waals surface area contributed by atoms with Crippen LogP contribution in [-0.4, -0.2) is 35.6 Å². The lowest BCUT2D eigenvalue weighted by atomic mass is 10.1. The van der Waals surface area contributed by atoms with E-state index in [0.29, 0.717) is 0 Å². The van der Waals surface area contributed by atoms with Crippen molar-refractivity contribution in [1.82, 2.24) is 10.3 Å². The molecule has 0 spiro atoms. The van der Waals surface area contributed by atoms with Crippen LogP contribution in [0.1, 0.15) is 31.4 Å². The predicted molar refractivity (Wildman–Crippen MR) is 69.3 cm³/mol. The van der Waals surface area contributed by atoms with Gasteiger partial charge in [0.15, 0.2) is 0 Å². The zero-order valence-electron chi connectivity index (χ0n) is 10.8. The molecule has 1 aliphatic heterocycles. The molecule has 5 nitrogen and oxygen atoms in total. The topological polar surface area (TPSA) is 65.5 Å². The smallest absolute Gasteiger partial charge is 0.242 e. The maximum absolute atomic E-state index is 11.8. The largest absolute Gasteiger partial charge is 0.389 e. The van der Waals surface area contributed by atoms with E-state index in [1.807, 2.05) is 11.0 Å². The molecule has 5 heteroatoms. The van der Waals surface area contributed by atoms with Crippen molar-refractivity contribution in [2.24, 2.45) is 0 Å². The first-order valence-corrected chi connectivity index (χ1v) is 6.26. The van der Waals surface area contributed by atoms with E-state index in [1.165, 1.54) is 0 Å². The van der Waals surface area contributed by atoms with Gasteiger partial charge in [0.1, 0.15) is 11.9 Å². The molecule has 1 saturated heterocycles. The van der Waals surface area contributed by atoms with Crippen molar-refractivity contribution < 1.29 is 9.90 Å². The molecule has 18 heavy (non-hydrogen) atoms. The number of amides is 1. The first kappa shape index (κ1) is 12.8. The van der Waals surface area contributed by atoms with Crippen molar-refractivity contribution in [1.29, 1.82) is 0 Å². The van der Waals surface area contributed by atoms with Gasteiger partial charge in [0.25, 0.3) is 0 Å². The van der Waals surface area contributed by atoms with E-state index in [9.17, 15) is 9.90 Å². The fourth-order valence-electron chi connectivity index (χ4n) is 2.43. The summed E-state index contributed by atoms with van der Waals surface area (Å²) in [4.78, 5) is 18.2. The zero-order valence-corrected chi connectivity index (χ0v) is 10.8. The van der Waals surface area contributed by atoms with Gasteiger partial charge >= 0.3 is 0 Å². The van der Waals surface area contributed by atoms with Gasteiger partial charge in [0, 0.05) is 25.4 Å². The van der Waals surface area contributed by atoms with Crippen LogP contribution in [0, 0.1) is 0 Å². The number of hydrogen-bond donors (Lipinski definition) is 2. The van der Waals surface area contributed by atoms with Crippen LogP contribution in [0.4, 0.5) is 5.82 Å². The maximum atomic E-state index is 11.8. The fraction of sp³-hybridized carbons (Fsp3) is 0.538. The summed E-state index contributed by atoms with van der Waals surface area (Å²) in [5.41, 5.74) is 0.772. The summed E-state index contributed by atoms with van der Waals surface area (Å²) in [7, 11) is 1.65. The van der Waals surface area contributed by atoms with Gasteiger partial charge in [-0.05, 0) is 25.8 Å². The molecule has 0 saturated carbocycles. The average molecular weight is 249 g/mol. The molecular weight excluding hydrogens is 230 g/mol. The number of anilines is 1. The van der Waals surface area contributed by atoms with Gasteiger partial charge in [-0.1, -0.05) is 6.07 Å². The minimum Gasteiger partial charge on any atom is -0.389 e. The molecule has 98 valence electrons. The standard InChI is InChI=1S/C13H19N3O2/c1-9(17)10-5-3-7-15-12(10)16-8-4-6-11(16)13(18)14-2/h3,5,7,9,11,17H,4,6,8H2,1-2H3,(H,14,18)/t9-,11?/m0/s1. The number of nitrogens with zero attached hydrogens (tertiary/aromatic N) is 2. The van der Waals surface area contributed by atoms with E-state index in [4.69, 9.17) is 0 Å². The van der Waals surface area contributed by atoms with Gasteiger partial charge in [-0.3, -0.25) is 4.79 Å². The molecule has 2 heterocycles. The number of aliphatic hydroxyl groups excluding tert-OH is 1. The van der Waals surface area contributed by atoms with Crippen LogP contribution in [0.2, 0.25) is 0 Å². The highest BCUT2D eigenvalue weighted by Gasteiger charge is 2.32. The van der Waals surface area contributed by atoms with Crippen molar-refractivity contribution >= 4 is 11.7 Å². The van der Waals surface area contributed by atoms with E-state index < -0.39 is 6.10 Å². The normalized spacial score (nSPS) is 20.8. The zero-order chi connectivity index (χ0) is 13.1. The highest BCUT2D eigenvalue weighted by atomic mass is 16.3. The van der Waals surface area contributed by atoms with Crippen LogP contribution < -0.4 is 10.2 Å². The number of carbonyl (C=O) groups excluding carboxylic acids is 1. The molecule has 2 rings (SSSR count). The Balaban J connectivity index is 2.33. The maximum Gasteiger partial charge on any atom is 0.242 e. The number of aromatic nitrogens is 1. The Bertz CT molecular complexity index is 434. The molecule has 0 aliphatic carbocycles. The SMILES string of the molecule is CNC(=O)C1CCCN1c1ncccc1[C@H](C)O. The second-order valence-electron chi connectivity index (χ2n) is 4.56. The molecule has 1 aromatic heterocycles. The lowest BCUT2D eigenvalue weighted by Gasteiger charge is -2.27. The lowest BCUT2D eigenvalue weighted by molar-refractivity contribution is -0.121. The highest BCUT2D eigenvalue weighted by Crippen LogP contribution is 2.29. The Morgan fingerprint density at radius 1 is 1.67 bits per heavy atom. The van der Waals surface area contributed by atoms with E-state index >= 15 is 0 Å². The monoisotopic (exact) mass is 249 g/mol. The lowest BCUT2D eigenvalue weighted by Crippen LogP contribution is -2.42. The Kier molecular flexibility index (Phi) is 3.81. The second-order valence-corrected chi connectivity index (χ2v) is 4.56. The first-order chi connectivity index (χ1) is 8.65. The summed E-state index contributed by atoms with van der Waals surface area (Å²) >= 11 is 0.